The van der Waals surface area contributed by atoms with E-state index >= 15 is 0 Å². The maximum atomic E-state index is 11.7. The van der Waals surface area contributed by atoms with Crippen LogP contribution in [-0.4, -0.2) is 31.8 Å². The van der Waals surface area contributed by atoms with Crippen LogP contribution in [0.1, 0.15) is 19.4 Å². The van der Waals surface area contributed by atoms with Crippen LogP contribution in [0, 0.1) is 0 Å². The van der Waals surface area contributed by atoms with Crippen LogP contribution in [0.2, 0.25) is 5.02 Å². The maximum Gasteiger partial charge on any atom is 0.277 e. The number of anilines is 1. The van der Waals surface area contributed by atoms with E-state index in [4.69, 9.17) is 16.3 Å². The lowest BCUT2D eigenvalue weighted by Crippen LogP contribution is -2.24. The second kappa shape index (κ2) is 9.69. The molecule has 6 heteroatoms. The van der Waals surface area contributed by atoms with Crippen LogP contribution in [0.4, 0.5) is 5.69 Å². The number of carbonyl (C=O) groups excluding carboxylic acids is 1. The van der Waals surface area contributed by atoms with Crippen LogP contribution < -0.4 is 15.1 Å². The molecular formula is C19H22ClN3O2. The fraction of sp³-hybridized carbons (Fsp3) is 0.263. The van der Waals surface area contributed by atoms with Crippen LogP contribution >= 0.6 is 11.6 Å². The van der Waals surface area contributed by atoms with E-state index in [-0.39, 0.29) is 12.5 Å². The number of nitrogens with zero attached hydrogens (tertiary/aromatic N) is 2. The molecule has 0 heterocycles. The van der Waals surface area contributed by atoms with E-state index in [1.165, 1.54) is 5.69 Å². The van der Waals surface area contributed by atoms with Gasteiger partial charge in [-0.25, -0.2) is 5.43 Å². The van der Waals surface area contributed by atoms with Gasteiger partial charge in [-0.1, -0.05) is 35.9 Å². The van der Waals surface area contributed by atoms with Crippen molar-refractivity contribution in [1.29, 1.82) is 0 Å². The number of amides is 1. The first-order valence-electron chi connectivity index (χ1n) is 8.18. The van der Waals surface area contributed by atoms with Crippen molar-refractivity contribution in [1.82, 2.24) is 5.43 Å². The molecule has 2 aromatic carbocycles. The average molecular weight is 360 g/mol. The Hall–Kier alpha value is -2.53. The van der Waals surface area contributed by atoms with Crippen molar-refractivity contribution in [3.05, 3.63) is 59.1 Å². The minimum atomic E-state index is -0.351. The van der Waals surface area contributed by atoms with E-state index in [1.807, 2.05) is 24.3 Å². The normalized spacial score (nSPS) is 10.7. The Balaban J connectivity index is 1.82. The van der Waals surface area contributed by atoms with Gasteiger partial charge in [-0.05, 0) is 43.7 Å². The van der Waals surface area contributed by atoms with Gasteiger partial charge in [0.2, 0.25) is 0 Å². The van der Waals surface area contributed by atoms with E-state index in [0.717, 1.165) is 18.7 Å². The topological polar surface area (TPSA) is 53.9 Å². The molecule has 0 aromatic heterocycles. The number of hydrogen-bond donors (Lipinski definition) is 1. The Kier molecular flexibility index (Phi) is 7.29. The number of hydrogen-bond acceptors (Lipinski definition) is 4. The zero-order chi connectivity index (χ0) is 18.1. The number of para-hydroxylation sites is 1. The number of benzene rings is 2. The molecule has 0 saturated heterocycles. The molecule has 0 radical (unpaired) electrons. The molecule has 0 bridgehead atoms. The molecule has 0 saturated carbocycles. The predicted octanol–water partition coefficient (Wildman–Crippen LogP) is 3.72. The molecule has 0 aliphatic heterocycles. The van der Waals surface area contributed by atoms with Gasteiger partial charge >= 0.3 is 0 Å². The number of carbonyl (C=O) groups is 1. The van der Waals surface area contributed by atoms with Crippen molar-refractivity contribution in [2.75, 3.05) is 24.6 Å². The Labute approximate surface area is 153 Å². The van der Waals surface area contributed by atoms with Crippen molar-refractivity contribution in [3.63, 3.8) is 0 Å². The lowest BCUT2D eigenvalue weighted by molar-refractivity contribution is -0.123. The third kappa shape index (κ3) is 5.80. The van der Waals surface area contributed by atoms with Crippen molar-refractivity contribution in [3.8, 4) is 5.75 Å². The molecule has 0 spiro atoms. The zero-order valence-corrected chi connectivity index (χ0v) is 15.2. The number of halogens is 1. The highest BCUT2D eigenvalue weighted by molar-refractivity contribution is 6.32. The summed E-state index contributed by atoms with van der Waals surface area (Å²) in [6, 6.07) is 15.0. The van der Waals surface area contributed by atoms with Gasteiger partial charge in [-0.2, -0.15) is 5.10 Å². The highest BCUT2D eigenvalue weighted by atomic mass is 35.5. The van der Waals surface area contributed by atoms with Crippen LogP contribution in [0.15, 0.2) is 53.6 Å². The third-order valence-electron chi connectivity index (χ3n) is 3.62. The SMILES string of the molecule is CCN(CC)c1ccc(/C=N/NC(=O)COc2ccccc2Cl)cc1. The molecule has 0 aliphatic carbocycles. The minimum absolute atomic E-state index is 0.151. The Morgan fingerprint density at radius 1 is 1.16 bits per heavy atom. The summed E-state index contributed by atoms with van der Waals surface area (Å²) in [7, 11) is 0. The summed E-state index contributed by atoms with van der Waals surface area (Å²) in [6.45, 7) is 6.02. The summed E-state index contributed by atoms with van der Waals surface area (Å²) in [4.78, 5) is 14.0. The first kappa shape index (κ1) is 18.8. The molecule has 0 aliphatic rings. The van der Waals surface area contributed by atoms with Crippen molar-refractivity contribution in [2.24, 2.45) is 5.10 Å². The van der Waals surface area contributed by atoms with Gasteiger partial charge in [0.25, 0.3) is 5.91 Å². The molecular weight excluding hydrogens is 338 g/mol. The molecule has 0 unspecified atom stereocenters. The number of ether oxygens (including phenoxy) is 1. The van der Waals surface area contributed by atoms with E-state index in [2.05, 4.69) is 29.3 Å². The molecule has 132 valence electrons. The van der Waals surface area contributed by atoms with Crippen molar-refractivity contribution < 1.29 is 9.53 Å². The smallest absolute Gasteiger partial charge is 0.277 e. The average Bonchev–Trinajstić information content (AvgIpc) is 2.63. The van der Waals surface area contributed by atoms with Gasteiger partial charge in [-0.15, -0.1) is 0 Å². The van der Waals surface area contributed by atoms with Crippen LogP contribution in [0.25, 0.3) is 0 Å². The number of rotatable bonds is 8. The maximum absolute atomic E-state index is 11.7. The summed E-state index contributed by atoms with van der Waals surface area (Å²) in [5, 5.41) is 4.40. The van der Waals surface area contributed by atoms with Gasteiger partial charge < -0.3 is 9.64 Å². The van der Waals surface area contributed by atoms with Crippen molar-refractivity contribution >= 4 is 29.4 Å². The van der Waals surface area contributed by atoms with Crippen LogP contribution in [0.3, 0.4) is 0 Å². The van der Waals surface area contributed by atoms with E-state index in [9.17, 15) is 4.79 Å². The second-order valence-electron chi connectivity index (χ2n) is 5.28. The molecule has 1 amide bonds. The largest absolute Gasteiger partial charge is 0.482 e. The highest BCUT2D eigenvalue weighted by Crippen LogP contribution is 2.22. The van der Waals surface area contributed by atoms with Crippen LogP contribution in [-0.2, 0) is 4.79 Å². The minimum Gasteiger partial charge on any atom is -0.482 e. The first-order chi connectivity index (χ1) is 12.1. The Morgan fingerprint density at radius 2 is 1.84 bits per heavy atom. The van der Waals surface area contributed by atoms with Gasteiger partial charge in [0.15, 0.2) is 6.61 Å². The van der Waals surface area contributed by atoms with Crippen LogP contribution in [0.5, 0.6) is 5.75 Å². The van der Waals surface area contributed by atoms with Gasteiger partial charge in [0.05, 0.1) is 11.2 Å². The van der Waals surface area contributed by atoms with Gasteiger partial charge in [0.1, 0.15) is 5.75 Å². The zero-order valence-electron chi connectivity index (χ0n) is 14.4. The standard InChI is InChI=1S/C19H22ClN3O2/c1-3-23(4-2)16-11-9-15(10-12-16)13-21-22-19(24)14-25-18-8-6-5-7-17(18)20/h5-13H,3-4,14H2,1-2H3,(H,22,24)/b21-13+. The monoisotopic (exact) mass is 359 g/mol. The fourth-order valence-corrected chi connectivity index (χ4v) is 2.47. The van der Waals surface area contributed by atoms with E-state index in [1.54, 1.807) is 30.5 Å². The number of nitrogens with one attached hydrogen (secondary N) is 1. The third-order valence-corrected chi connectivity index (χ3v) is 3.93. The van der Waals surface area contributed by atoms with E-state index < -0.39 is 0 Å². The lowest BCUT2D eigenvalue weighted by Gasteiger charge is -2.20. The highest BCUT2D eigenvalue weighted by Gasteiger charge is 2.04. The molecule has 2 rings (SSSR count). The Morgan fingerprint density at radius 3 is 2.48 bits per heavy atom. The predicted molar refractivity (Wildman–Crippen MR) is 103 cm³/mol. The summed E-state index contributed by atoms with van der Waals surface area (Å²) < 4.78 is 5.34. The van der Waals surface area contributed by atoms with Gasteiger partial charge in [-0.3, -0.25) is 4.79 Å². The number of hydrazone groups is 1. The summed E-state index contributed by atoms with van der Waals surface area (Å²) in [5.41, 5.74) is 4.50. The second-order valence-corrected chi connectivity index (χ2v) is 5.68. The molecule has 25 heavy (non-hydrogen) atoms. The quantitative estimate of drug-likeness (QED) is 0.577. The lowest BCUT2D eigenvalue weighted by atomic mass is 10.2. The summed E-state index contributed by atoms with van der Waals surface area (Å²) >= 11 is 5.96. The van der Waals surface area contributed by atoms with Gasteiger partial charge in [0, 0.05) is 18.8 Å². The molecule has 0 atom stereocenters. The summed E-state index contributed by atoms with van der Waals surface area (Å²) in [5.74, 6) is 0.117. The fourth-order valence-electron chi connectivity index (χ4n) is 2.28. The molecule has 2 aromatic rings. The van der Waals surface area contributed by atoms with E-state index in [0.29, 0.717) is 10.8 Å². The molecule has 5 nitrogen and oxygen atoms in total. The molecule has 0 fully saturated rings. The Bertz CT molecular complexity index is 713. The van der Waals surface area contributed by atoms with Crippen molar-refractivity contribution in [2.45, 2.75) is 13.8 Å². The summed E-state index contributed by atoms with van der Waals surface area (Å²) in [6.07, 6.45) is 1.60. The first-order valence-corrected chi connectivity index (χ1v) is 8.56. The molecule has 1 N–H and O–H groups in total.